The van der Waals surface area contributed by atoms with Gasteiger partial charge in [0.1, 0.15) is 16.7 Å². The maximum Gasteiger partial charge on any atom is 0.272 e. The molecule has 0 aliphatic carbocycles. The highest BCUT2D eigenvalue weighted by Crippen LogP contribution is 2.44. The Hall–Kier alpha value is -3.42. The number of nitriles is 1. The van der Waals surface area contributed by atoms with Crippen molar-refractivity contribution in [2.75, 3.05) is 39.8 Å². The summed E-state index contributed by atoms with van der Waals surface area (Å²) in [6, 6.07) is 19.2. The number of fused-ring (bicyclic) bond motifs is 1. The highest BCUT2D eigenvalue weighted by atomic mass is 32.2. The van der Waals surface area contributed by atoms with Crippen LogP contribution >= 0.6 is 0 Å². The molecule has 2 aromatic carbocycles. The number of nitrogens with zero attached hydrogens (tertiary/aromatic N) is 5. The summed E-state index contributed by atoms with van der Waals surface area (Å²) in [4.78, 5) is 22.8. The van der Waals surface area contributed by atoms with E-state index in [9.17, 15) is 19.4 Å². The standard InChI is InChI=1S/C32H37N5O3S/c1-32(2,3)41(40)37-21-26-19-27(31(39)36-15-13-35(4)14-16-36)34-30(29(26)28(37)12-17-38)25-7-5-6-24(18-25)23-10-8-22(20-33)9-11-23/h5-11,18-19,28,38H,12-17,21H2,1-4H3/t28-,41-/m1/s1. The molecule has 5 rings (SSSR count). The lowest BCUT2D eigenvalue weighted by atomic mass is 9.94. The van der Waals surface area contributed by atoms with Crippen LogP contribution in [0.5, 0.6) is 0 Å². The number of hydrogen-bond acceptors (Lipinski definition) is 6. The van der Waals surface area contributed by atoms with E-state index in [4.69, 9.17) is 4.98 Å². The number of pyridine rings is 1. The number of aliphatic hydroxyl groups is 1. The maximum absolute atomic E-state index is 13.7. The van der Waals surface area contributed by atoms with Gasteiger partial charge in [0.2, 0.25) is 0 Å². The van der Waals surface area contributed by atoms with Crippen LogP contribution in [0.2, 0.25) is 0 Å². The van der Waals surface area contributed by atoms with Gasteiger partial charge in [0.05, 0.1) is 28.1 Å². The molecule has 0 unspecified atom stereocenters. The van der Waals surface area contributed by atoms with Crippen molar-refractivity contribution in [1.82, 2.24) is 19.1 Å². The van der Waals surface area contributed by atoms with E-state index in [0.717, 1.165) is 40.9 Å². The van der Waals surface area contributed by atoms with Crippen LogP contribution in [0.4, 0.5) is 0 Å². The van der Waals surface area contributed by atoms with Gasteiger partial charge in [0.15, 0.2) is 0 Å². The number of aromatic nitrogens is 1. The molecule has 2 aliphatic heterocycles. The molecule has 1 fully saturated rings. The minimum absolute atomic E-state index is 0.0609. The van der Waals surface area contributed by atoms with Gasteiger partial charge in [-0.1, -0.05) is 30.3 Å². The number of amides is 1. The van der Waals surface area contributed by atoms with Gasteiger partial charge in [-0.2, -0.15) is 5.26 Å². The third kappa shape index (κ3) is 5.97. The van der Waals surface area contributed by atoms with Crippen molar-refractivity contribution in [2.45, 2.75) is 44.5 Å². The lowest BCUT2D eigenvalue weighted by Crippen LogP contribution is -2.47. The Bertz CT molecular complexity index is 1500. The summed E-state index contributed by atoms with van der Waals surface area (Å²) in [5, 5.41) is 19.3. The zero-order chi connectivity index (χ0) is 29.3. The van der Waals surface area contributed by atoms with Crippen LogP contribution in [0.15, 0.2) is 54.6 Å². The molecule has 0 bridgehead atoms. The van der Waals surface area contributed by atoms with Crippen LogP contribution < -0.4 is 0 Å². The molecule has 3 heterocycles. The van der Waals surface area contributed by atoms with Crippen molar-refractivity contribution in [2.24, 2.45) is 0 Å². The third-order valence-electron chi connectivity index (χ3n) is 7.78. The zero-order valence-corrected chi connectivity index (χ0v) is 24.9. The van der Waals surface area contributed by atoms with Gasteiger partial charge in [-0.25, -0.2) is 13.5 Å². The number of carbonyl (C=O) groups excluding carboxylic acids is 1. The fourth-order valence-corrected chi connectivity index (χ4v) is 6.96. The van der Waals surface area contributed by atoms with Crippen LogP contribution in [0.3, 0.4) is 0 Å². The summed E-state index contributed by atoms with van der Waals surface area (Å²) in [6.07, 6.45) is 0.407. The van der Waals surface area contributed by atoms with Crippen LogP contribution in [-0.4, -0.2) is 78.9 Å². The van der Waals surface area contributed by atoms with Crippen LogP contribution in [0.25, 0.3) is 22.4 Å². The molecule has 214 valence electrons. The fourth-order valence-electron chi connectivity index (χ4n) is 5.55. The number of piperazine rings is 1. The Kier molecular flexibility index (Phi) is 8.39. The number of carbonyl (C=O) groups is 1. The molecule has 2 aliphatic rings. The Labute approximate surface area is 244 Å². The summed E-state index contributed by atoms with van der Waals surface area (Å²) in [7, 11) is 0.724. The van der Waals surface area contributed by atoms with Crippen molar-refractivity contribution in [1.29, 1.82) is 5.26 Å². The fraction of sp³-hybridized carbons (Fsp3) is 0.406. The van der Waals surface area contributed by atoms with Crippen molar-refractivity contribution >= 4 is 16.9 Å². The topological polar surface area (TPSA) is 101 Å². The molecule has 0 spiro atoms. The monoisotopic (exact) mass is 571 g/mol. The molecule has 41 heavy (non-hydrogen) atoms. The van der Waals surface area contributed by atoms with Crippen molar-refractivity contribution < 1.29 is 14.1 Å². The molecule has 1 aromatic heterocycles. The second kappa shape index (κ2) is 11.8. The molecule has 9 heteroatoms. The minimum atomic E-state index is -1.33. The molecular weight excluding hydrogens is 534 g/mol. The van der Waals surface area contributed by atoms with Crippen LogP contribution in [0, 0.1) is 11.3 Å². The number of hydrogen-bond donors (Lipinski definition) is 1. The molecule has 0 saturated carbocycles. The van der Waals surface area contributed by atoms with Crippen LogP contribution in [-0.2, 0) is 17.5 Å². The Morgan fingerprint density at radius 2 is 1.73 bits per heavy atom. The summed E-state index contributed by atoms with van der Waals surface area (Å²) in [5.74, 6) is -0.0977. The lowest BCUT2D eigenvalue weighted by Gasteiger charge is -2.32. The Morgan fingerprint density at radius 3 is 2.37 bits per heavy atom. The smallest absolute Gasteiger partial charge is 0.272 e. The first-order chi connectivity index (χ1) is 19.6. The quantitative estimate of drug-likeness (QED) is 0.472. The number of rotatable bonds is 6. The second-order valence-corrected chi connectivity index (χ2v) is 14.0. The van der Waals surface area contributed by atoms with E-state index >= 15 is 0 Å². The first kappa shape index (κ1) is 29.1. The van der Waals surface area contributed by atoms with Crippen molar-refractivity contribution in [3.63, 3.8) is 0 Å². The van der Waals surface area contributed by atoms with Gasteiger partial charge >= 0.3 is 0 Å². The molecule has 8 nitrogen and oxygen atoms in total. The van der Waals surface area contributed by atoms with Gasteiger partial charge in [-0.3, -0.25) is 4.79 Å². The van der Waals surface area contributed by atoms with E-state index in [0.29, 0.717) is 43.0 Å². The molecule has 1 N–H and O–H groups in total. The molecular formula is C32H37N5O3S. The van der Waals surface area contributed by atoms with E-state index in [2.05, 4.69) is 18.0 Å². The Balaban J connectivity index is 1.64. The zero-order valence-electron chi connectivity index (χ0n) is 24.1. The van der Waals surface area contributed by atoms with E-state index in [-0.39, 0.29) is 18.6 Å². The normalized spacial score (nSPS) is 18.6. The minimum Gasteiger partial charge on any atom is -0.396 e. The summed E-state index contributed by atoms with van der Waals surface area (Å²) in [6.45, 7) is 9.11. The highest BCUT2D eigenvalue weighted by molar-refractivity contribution is 7.84. The van der Waals surface area contributed by atoms with Gasteiger partial charge in [0.25, 0.3) is 5.91 Å². The van der Waals surface area contributed by atoms with E-state index in [1.54, 1.807) is 12.1 Å². The molecule has 1 saturated heterocycles. The Morgan fingerprint density at radius 1 is 1.05 bits per heavy atom. The first-order valence-electron chi connectivity index (χ1n) is 14.0. The average Bonchev–Trinajstić information content (AvgIpc) is 3.34. The van der Waals surface area contributed by atoms with Gasteiger partial charge in [-0.15, -0.1) is 0 Å². The predicted molar refractivity (Wildman–Crippen MR) is 161 cm³/mol. The first-order valence-corrected chi connectivity index (χ1v) is 15.1. The average molecular weight is 572 g/mol. The van der Waals surface area contributed by atoms with Crippen LogP contribution in [0.1, 0.15) is 60.4 Å². The summed E-state index contributed by atoms with van der Waals surface area (Å²) in [5.41, 5.74) is 6.29. The largest absolute Gasteiger partial charge is 0.396 e. The third-order valence-corrected chi connectivity index (χ3v) is 9.64. The molecule has 1 amide bonds. The number of aliphatic hydroxyl groups excluding tert-OH is 1. The van der Waals surface area contributed by atoms with Gasteiger partial charge < -0.3 is 14.9 Å². The second-order valence-electron chi connectivity index (χ2n) is 11.8. The lowest BCUT2D eigenvalue weighted by molar-refractivity contribution is 0.0658. The SMILES string of the molecule is CN1CCN(C(=O)c2cc3c(c(-c4cccc(-c5ccc(C#N)cc5)c4)n2)[C@@H](CCO)N([S@](=O)C(C)(C)C)C3)CC1. The molecule has 3 aromatic rings. The van der Waals surface area contributed by atoms with E-state index < -0.39 is 15.7 Å². The van der Waals surface area contributed by atoms with Crippen molar-refractivity contribution in [3.8, 4) is 28.5 Å². The van der Waals surface area contributed by atoms with E-state index in [1.165, 1.54) is 0 Å². The predicted octanol–water partition coefficient (Wildman–Crippen LogP) is 4.38. The van der Waals surface area contributed by atoms with Crippen molar-refractivity contribution in [3.05, 3.63) is 77.0 Å². The van der Waals surface area contributed by atoms with E-state index in [1.807, 2.05) is 72.4 Å². The summed E-state index contributed by atoms with van der Waals surface area (Å²) >= 11 is 0. The summed E-state index contributed by atoms with van der Waals surface area (Å²) < 4.78 is 15.1. The highest BCUT2D eigenvalue weighted by Gasteiger charge is 2.40. The maximum atomic E-state index is 13.7. The van der Waals surface area contributed by atoms with Gasteiger partial charge in [-0.05, 0) is 75.2 Å². The number of likely N-dealkylation sites (N-methyl/N-ethyl adjacent to an activating group) is 1. The number of benzene rings is 2. The molecule has 2 atom stereocenters. The molecule has 0 radical (unpaired) electrons. The van der Waals surface area contributed by atoms with Gasteiger partial charge in [0, 0.05) is 50.5 Å².